The second kappa shape index (κ2) is 14.1. The summed E-state index contributed by atoms with van der Waals surface area (Å²) in [5.74, 6) is -0.0687. The molecule has 0 heterocycles. The number of ketones is 2. The standard InChI is InChI=1S/C54H58O4S/c1-11-39-41-19-13-35(49(55)37-15-21-43-45(31-37)53(7,8)27-25-51(43,3)4)29-33(41)17-23-47(39)59(57,58)48-24-18-34-30-36(14-20-42(34)40(48)12-2)50(56)38-16-22-44-46(32-38)54(9,10)28-26-52(44,5)6/h13-24,29-32H,11-12,25-28H2,1-10H3. The molecule has 2 aliphatic carbocycles. The Hall–Kier alpha value is -4.87. The molecular formula is C54H58O4S. The van der Waals surface area contributed by atoms with Crippen LogP contribution in [0, 0.1) is 0 Å². The summed E-state index contributed by atoms with van der Waals surface area (Å²) in [6.07, 6.45) is 5.38. The summed E-state index contributed by atoms with van der Waals surface area (Å²) in [6.45, 7) is 22.2. The van der Waals surface area contributed by atoms with E-state index in [9.17, 15) is 18.0 Å². The van der Waals surface area contributed by atoms with E-state index < -0.39 is 9.84 Å². The summed E-state index contributed by atoms with van der Waals surface area (Å²) < 4.78 is 29.4. The van der Waals surface area contributed by atoms with Crippen LogP contribution in [-0.4, -0.2) is 20.0 Å². The average molecular weight is 803 g/mol. The van der Waals surface area contributed by atoms with E-state index in [1.807, 2.05) is 74.5 Å². The first kappa shape index (κ1) is 40.9. The van der Waals surface area contributed by atoms with Crippen LogP contribution in [0.15, 0.2) is 107 Å². The number of sulfone groups is 1. The van der Waals surface area contributed by atoms with E-state index in [1.54, 1.807) is 12.1 Å². The predicted molar refractivity (Wildman–Crippen MR) is 242 cm³/mol. The zero-order valence-corrected chi connectivity index (χ0v) is 37.3. The van der Waals surface area contributed by atoms with Crippen molar-refractivity contribution in [1.29, 1.82) is 0 Å². The van der Waals surface area contributed by atoms with Crippen LogP contribution in [0.5, 0.6) is 0 Å². The first-order chi connectivity index (χ1) is 27.7. The molecule has 0 unspecified atom stereocenters. The molecule has 8 rings (SSSR count). The van der Waals surface area contributed by atoms with Crippen molar-refractivity contribution in [3.63, 3.8) is 0 Å². The Labute approximate surface area is 351 Å². The molecule has 0 saturated carbocycles. The second-order valence-corrected chi connectivity index (χ2v) is 21.8. The molecular weight excluding hydrogens is 745 g/mol. The molecule has 0 atom stereocenters. The first-order valence-electron chi connectivity index (χ1n) is 21.5. The van der Waals surface area contributed by atoms with Crippen LogP contribution in [0.1, 0.15) is 160 Å². The van der Waals surface area contributed by atoms with Crippen LogP contribution in [-0.2, 0) is 44.3 Å². The number of rotatable bonds is 8. The van der Waals surface area contributed by atoms with Crippen LogP contribution in [0.25, 0.3) is 21.5 Å². The summed E-state index contributed by atoms with van der Waals surface area (Å²) in [5.41, 5.74) is 9.24. The topological polar surface area (TPSA) is 68.3 Å². The van der Waals surface area contributed by atoms with Gasteiger partial charge in [0.1, 0.15) is 0 Å². The third-order valence-electron chi connectivity index (χ3n) is 14.2. The number of hydrogen-bond donors (Lipinski definition) is 0. The monoisotopic (exact) mass is 802 g/mol. The lowest BCUT2D eigenvalue weighted by atomic mass is 9.63. The fraction of sp³-hybridized carbons (Fsp3) is 0.370. The van der Waals surface area contributed by atoms with Gasteiger partial charge in [-0.05, 0) is 152 Å². The Bertz CT molecular complexity index is 2660. The minimum atomic E-state index is -3.94. The number of carbonyl (C=O) groups excluding carboxylic acids is 2. The maximum absolute atomic E-state index is 14.7. The highest BCUT2D eigenvalue weighted by Gasteiger charge is 2.39. The minimum absolute atomic E-state index is 0.00900. The molecule has 59 heavy (non-hydrogen) atoms. The molecule has 304 valence electrons. The molecule has 5 heteroatoms. The molecule has 0 aliphatic heterocycles. The molecule has 0 saturated heterocycles. The summed E-state index contributed by atoms with van der Waals surface area (Å²) >= 11 is 0. The van der Waals surface area contributed by atoms with Gasteiger partial charge < -0.3 is 0 Å². The highest BCUT2D eigenvalue weighted by molar-refractivity contribution is 7.91. The maximum atomic E-state index is 14.7. The first-order valence-corrected chi connectivity index (χ1v) is 22.9. The van der Waals surface area contributed by atoms with E-state index in [0.29, 0.717) is 35.1 Å². The number of hydrogen-bond acceptors (Lipinski definition) is 4. The van der Waals surface area contributed by atoms with E-state index in [2.05, 4.69) is 79.7 Å². The normalized spacial score (nSPS) is 17.7. The van der Waals surface area contributed by atoms with E-state index >= 15 is 0 Å². The van der Waals surface area contributed by atoms with Crippen molar-refractivity contribution in [2.75, 3.05) is 0 Å². The van der Waals surface area contributed by atoms with Crippen LogP contribution < -0.4 is 0 Å². The van der Waals surface area contributed by atoms with Gasteiger partial charge in [-0.1, -0.05) is 130 Å². The third kappa shape index (κ3) is 6.78. The summed E-state index contributed by atoms with van der Waals surface area (Å²) in [7, 11) is -3.94. The lowest BCUT2D eigenvalue weighted by Crippen LogP contribution is -2.34. The van der Waals surface area contributed by atoms with E-state index in [1.165, 1.54) is 22.3 Å². The smallest absolute Gasteiger partial charge is 0.207 e. The van der Waals surface area contributed by atoms with Crippen LogP contribution in [0.4, 0.5) is 0 Å². The molecule has 6 aromatic rings. The van der Waals surface area contributed by atoms with Crippen molar-refractivity contribution in [3.05, 3.63) is 153 Å². The van der Waals surface area contributed by atoms with Gasteiger partial charge in [0.2, 0.25) is 9.84 Å². The van der Waals surface area contributed by atoms with Gasteiger partial charge in [0.15, 0.2) is 11.6 Å². The van der Waals surface area contributed by atoms with Gasteiger partial charge in [-0.2, -0.15) is 0 Å². The van der Waals surface area contributed by atoms with Crippen molar-refractivity contribution < 1.29 is 18.0 Å². The largest absolute Gasteiger partial charge is 0.289 e. The van der Waals surface area contributed by atoms with Gasteiger partial charge in [-0.3, -0.25) is 9.59 Å². The van der Waals surface area contributed by atoms with E-state index in [-0.39, 0.29) is 43.0 Å². The zero-order chi connectivity index (χ0) is 42.4. The molecule has 0 N–H and O–H groups in total. The predicted octanol–water partition coefficient (Wildman–Crippen LogP) is 13.1. The number of fused-ring (bicyclic) bond motifs is 4. The molecule has 0 spiro atoms. The van der Waals surface area contributed by atoms with Gasteiger partial charge >= 0.3 is 0 Å². The van der Waals surface area contributed by atoms with Crippen molar-refractivity contribution in [3.8, 4) is 0 Å². The third-order valence-corrected chi connectivity index (χ3v) is 16.1. The van der Waals surface area contributed by atoms with Gasteiger partial charge in [0.05, 0.1) is 9.79 Å². The molecule has 6 aromatic carbocycles. The Morgan fingerprint density at radius 3 is 1.12 bits per heavy atom. The van der Waals surface area contributed by atoms with Crippen molar-refractivity contribution in [1.82, 2.24) is 0 Å². The molecule has 0 aromatic heterocycles. The molecule has 0 amide bonds. The van der Waals surface area contributed by atoms with E-state index in [4.69, 9.17) is 0 Å². The maximum Gasteiger partial charge on any atom is 0.207 e. The quantitative estimate of drug-likeness (QED) is 0.144. The van der Waals surface area contributed by atoms with Crippen LogP contribution >= 0.6 is 0 Å². The van der Waals surface area contributed by atoms with Gasteiger partial charge in [-0.15, -0.1) is 0 Å². The Morgan fingerprint density at radius 1 is 0.441 bits per heavy atom. The van der Waals surface area contributed by atoms with E-state index in [0.717, 1.165) is 58.4 Å². The average Bonchev–Trinajstić information content (AvgIpc) is 3.22. The molecule has 4 nitrogen and oxygen atoms in total. The minimum Gasteiger partial charge on any atom is -0.289 e. The number of carbonyl (C=O) groups is 2. The Balaban J connectivity index is 1.12. The summed E-state index contributed by atoms with van der Waals surface area (Å²) in [5, 5.41) is 3.33. The van der Waals surface area contributed by atoms with Crippen molar-refractivity contribution in [2.24, 2.45) is 0 Å². The lowest BCUT2D eigenvalue weighted by Gasteiger charge is -2.42. The van der Waals surface area contributed by atoms with Crippen molar-refractivity contribution in [2.45, 2.75) is 139 Å². The molecule has 0 radical (unpaired) electrons. The summed E-state index contributed by atoms with van der Waals surface area (Å²) in [4.78, 5) is 28.6. The SMILES string of the molecule is CCc1c(S(=O)(=O)c2ccc3cc(C(=O)c4ccc5c(c4)C(C)(C)CCC5(C)C)ccc3c2CC)ccc2cc(C(=O)c3ccc4c(c3)C(C)(C)CCC4(C)C)ccc12. The molecule has 0 bridgehead atoms. The lowest BCUT2D eigenvalue weighted by molar-refractivity contribution is 0.103. The summed E-state index contributed by atoms with van der Waals surface area (Å²) in [6, 6.07) is 30.8. The second-order valence-electron chi connectivity index (χ2n) is 19.9. The number of aryl methyl sites for hydroxylation is 2. The Morgan fingerprint density at radius 2 is 0.763 bits per heavy atom. The van der Waals surface area contributed by atoms with Gasteiger partial charge in [0.25, 0.3) is 0 Å². The van der Waals surface area contributed by atoms with Crippen LogP contribution in [0.2, 0.25) is 0 Å². The molecule has 0 fully saturated rings. The molecule has 2 aliphatic rings. The van der Waals surface area contributed by atoms with Crippen LogP contribution in [0.3, 0.4) is 0 Å². The number of benzene rings is 6. The highest BCUT2D eigenvalue weighted by Crippen LogP contribution is 2.47. The highest BCUT2D eigenvalue weighted by atomic mass is 32.2. The fourth-order valence-corrected chi connectivity index (χ4v) is 12.1. The van der Waals surface area contributed by atoms with Crippen molar-refractivity contribution >= 4 is 42.9 Å². The van der Waals surface area contributed by atoms with Gasteiger partial charge in [0, 0.05) is 22.3 Å². The Kier molecular flexibility index (Phi) is 9.78. The fourth-order valence-electron chi connectivity index (χ4n) is 10.2. The van der Waals surface area contributed by atoms with Gasteiger partial charge in [-0.25, -0.2) is 8.42 Å². The zero-order valence-electron chi connectivity index (χ0n) is 36.5.